The highest BCUT2D eigenvalue weighted by atomic mass is 16.5. The van der Waals surface area contributed by atoms with Crippen molar-refractivity contribution in [2.24, 2.45) is 0 Å². The molecule has 0 saturated heterocycles. The topological polar surface area (TPSA) is 47.6 Å². The van der Waals surface area contributed by atoms with Gasteiger partial charge < -0.3 is 14.8 Å². The molecule has 4 heteroatoms. The Bertz CT molecular complexity index is 373. The van der Waals surface area contributed by atoms with Crippen molar-refractivity contribution in [1.29, 1.82) is 0 Å². The monoisotopic (exact) mass is 265 g/mol. The fourth-order valence-electron chi connectivity index (χ4n) is 1.51. The summed E-state index contributed by atoms with van der Waals surface area (Å²) >= 11 is 0. The molecule has 0 aromatic heterocycles. The van der Waals surface area contributed by atoms with E-state index in [1.807, 2.05) is 38.1 Å². The van der Waals surface area contributed by atoms with Gasteiger partial charge in [0.2, 0.25) is 0 Å². The number of Topliss-reactive ketones (excluding diaryl/α,β-unsaturated/α-hetero) is 1. The number of ether oxygens (including phenoxy) is 2. The minimum atomic E-state index is 0.0529. The average molecular weight is 265 g/mol. The van der Waals surface area contributed by atoms with Crippen molar-refractivity contribution in [2.45, 2.75) is 26.3 Å². The van der Waals surface area contributed by atoms with E-state index in [1.165, 1.54) is 5.56 Å². The zero-order valence-electron chi connectivity index (χ0n) is 11.9. The molecule has 19 heavy (non-hydrogen) atoms. The summed E-state index contributed by atoms with van der Waals surface area (Å²) in [6.07, 6.45) is 0.883. The lowest BCUT2D eigenvalue weighted by atomic mass is 10.1. The van der Waals surface area contributed by atoms with E-state index in [9.17, 15) is 4.79 Å². The SMILES string of the molecule is COCCc1ccc(OCC(=O)CNC(C)C)cc1. The Labute approximate surface area is 115 Å². The van der Waals surface area contributed by atoms with E-state index in [0.717, 1.165) is 12.2 Å². The molecule has 0 fully saturated rings. The first-order valence-electron chi connectivity index (χ1n) is 6.57. The summed E-state index contributed by atoms with van der Waals surface area (Å²) in [5, 5.41) is 3.07. The Morgan fingerprint density at radius 3 is 2.53 bits per heavy atom. The first-order valence-corrected chi connectivity index (χ1v) is 6.57. The Kier molecular flexibility index (Phi) is 7.15. The molecule has 0 radical (unpaired) electrons. The average Bonchev–Trinajstić information content (AvgIpc) is 2.41. The minimum absolute atomic E-state index is 0.0529. The van der Waals surface area contributed by atoms with Crippen LogP contribution in [0.1, 0.15) is 19.4 Å². The van der Waals surface area contributed by atoms with Gasteiger partial charge in [-0.2, -0.15) is 0 Å². The summed E-state index contributed by atoms with van der Waals surface area (Å²) in [4.78, 5) is 11.5. The summed E-state index contributed by atoms with van der Waals surface area (Å²) in [7, 11) is 1.69. The summed E-state index contributed by atoms with van der Waals surface area (Å²) < 4.78 is 10.5. The number of carbonyl (C=O) groups is 1. The lowest BCUT2D eigenvalue weighted by molar-refractivity contribution is -0.120. The lowest BCUT2D eigenvalue weighted by Crippen LogP contribution is -2.31. The number of benzene rings is 1. The summed E-state index contributed by atoms with van der Waals surface area (Å²) in [6.45, 7) is 5.18. The zero-order chi connectivity index (χ0) is 14.1. The predicted molar refractivity (Wildman–Crippen MR) is 75.7 cm³/mol. The van der Waals surface area contributed by atoms with Gasteiger partial charge in [-0.3, -0.25) is 4.79 Å². The molecule has 0 aliphatic rings. The van der Waals surface area contributed by atoms with Gasteiger partial charge in [0.1, 0.15) is 12.4 Å². The van der Waals surface area contributed by atoms with Crippen molar-refractivity contribution in [3.05, 3.63) is 29.8 Å². The Morgan fingerprint density at radius 2 is 1.95 bits per heavy atom. The second-order valence-corrected chi connectivity index (χ2v) is 4.75. The van der Waals surface area contributed by atoms with Gasteiger partial charge in [-0.1, -0.05) is 26.0 Å². The number of rotatable bonds is 9. The molecule has 0 unspecified atom stereocenters. The molecule has 0 atom stereocenters. The Morgan fingerprint density at radius 1 is 1.26 bits per heavy atom. The van der Waals surface area contributed by atoms with E-state index in [1.54, 1.807) is 7.11 Å². The van der Waals surface area contributed by atoms with Crippen LogP contribution in [0.4, 0.5) is 0 Å². The molecule has 4 nitrogen and oxygen atoms in total. The molecule has 1 aromatic rings. The fraction of sp³-hybridized carbons (Fsp3) is 0.533. The summed E-state index contributed by atoms with van der Waals surface area (Å²) in [5.41, 5.74) is 1.20. The van der Waals surface area contributed by atoms with Crippen LogP contribution >= 0.6 is 0 Å². The van der Waals surface area contributed by atoms with Crippen LogP contribution in [0.2, 0.25) is 0 Å². The molecule has 0 amide bonds. The molecule has 1 N–H and O–H groups in total. The number of nitrogens with one attached hydrogen (secondary N) is 1. The Hall–Kier alpha value is -1.39. The third-order valence-corrected chi connectivity index (χ3v) is 2.63. The van der Waals surface area contributed by atoms with E-state index in [2.05, 4.69) is 5.32 Å². The molecular weight excluding hydrogens is 242 g/mol. The van der Waals surface area contributed by atoms with Gasteiger partial charge in [-0.05, 0) is 24.1 Å². The van der Waals surface area contributed by atoms with Gasteiger partial charge in [0, 0.05) is 13.2 Å². The van der Waals surface area contributed by atoms with Crippen LogP contribution in [0, 0.1) is 0 Å². The summed E-state index contributed by atoms with van der Waals surface area (Å²) in [6, 6.07) is 8.06. The second kappa shape index (κ2) is 8.67. The van der Waals surface area contributed by atoms with Crippen LogP contribution in [-0.4, -0.2) is 38.7 Å². The van der Waals surface area contributed by atoms with Crippen LogP contribution in [0.15, 0.2) is 24.3 Å². The highest BCUT2D eigenvalue weighted by Crippen LogP contribution is 2.12. The highest BCUT2D eigenvalue weighted by Gasteiger charge is 2.04. The standard InChI is InChI=1S/C15H23NO3/c1-12(2)16-10-14(17)11-19-15-6-4-13(5-7-15)8-9-18-3/h4-7,12,16H,8-11H2,1-3H3. The minimum Gasteiger partial charge on any atom is -0.486 e. The maximum Gasteiger partial charge on any atom is 0.183 e. The van der Waals surface area contributed by atoms with Gasteiger partial charge in [0.15, 0.2) is 5.78 Å². The van der Waals surface area contributed by atoms with Crippen LogP contribution < -0.4 is 10.1 Å². The molecule has 1 rings (SSSR count). The molecule has 0 saturated carbocycles. The quantitative estimate of drug-likeness (QED) is 0.740. The normalized spacial score (nSPS) is 10.7. The van der Waals surface area contributed by atoms with Crippen molar-refractivity contribution in [3.8, 4) is 5.75 Å². The van der Waals surface area contributed by atoms with Crippen LogP contribution in [-0.2, 0) is 16.0 Å². The van der Waals surface area contributed by atoms with Crippen molar-refractivity contribution >= 4 is 5.78 Å². The predicted octanol–water partition coefficient (Wildman–Crippen LogP) is 1.82. The van der Waals surface area contributed by atoms with Gasteiger partial charge in [-0.25, -0.2) is 0 Å². The van der Waals surface area contributed by atoms with E-state index in [-0.39, 0.29) is 12.4 Å². The molecule has 1 aromatic carbocycles. The number of methoxy groups -OCH3 is 1. The number of hydrogen-bond donors (Lipinski definition) is 1. The van der Waals surface area contributed by atoms with Crippen LogP contribution in [0.3, 0.4) is 0 Å². The smallest absolute Gasteiger partial charge is 0.183 e. The second-order valence-electron chi connectivity index (χ2n) is 4.75. The first kappa shape index (κ1) is 15.7. The lowest BCUT2D eigenvalue weighted by Gasteiger charge is -2.09. The molecule has 106 valence electrons. The molecule has 0 spiro atoms. The third kappa shape index (κ3) is 6.94. The molecule has 0 aliphatic carbocycles. The van der Waals surface area contributed by atoms with E-state index < -0.39 is 0 Å². The van der Waals surface area contributed by atoms with Crippen molar-refractivity contribution < 1.29 is 14.3 Å². The maximum atomic E-state index is 11.5. The largest absolute Gasteiger partial charge is 0.486 e. The molecule has 0 heterocycles. The van der Waals surface area contributed by atoms with Crippen molar-refractivity contribution in [1.82, 2.24) is 5.32 Å². The summed E-state index contributed by atoms with van der Waals surface area (Å²) in [5.74, 6) is 0.774. The molecule has 0 bridgehead atoms. The molecule has 0 aliphatic heterocycles. The van der Waals surface area contributed by atoms with Crippen molar-refractivity contribution in [2.75, 3.05) is 26.9 Å². The van der Waals surface area contributed by atoms with Gasteiger partial charge in [-0.15, -0.1) is 0 Å². The fourth-order valence-corrected chi connectivity index (χ4v) is 1.51. The van der Waals surface area contributed by atoms with Crippen LogP contribution in [0.5, 0.6) is 5.75 Å². The van der Waals surface area contributed by atoms with Gasteiger partial charge in [0.05, 0.1) is 13.2 Å². The van der Waals surface area contributed by atoms with Crippen molar-refractivity contribution in [3.63, 3.8) is 0 Å². The van der Waals surface area contributed by atoms with Gasteiger partial charge >= 0.3 is 0 Å². The number of ketones is 1. The highest BCUT2D eigenvalue weighted by molar-refractivity contribution is 5.81. The number of carbonyl (C=O) groups excluding carboxylic acids is 1. The third-order valence-electron chi connectivity index (χ3n) is 2.63. The maximum absolute atomic E-state index is 11.5. The van der Waals surface area contributed by atoms with E-state index in [0.29, 0.717) is 19.2 Å². The Balaban J connectivity index is 2.31. The zero-order valence-corrected chi connectivity index (χ0v) is 11.9. The number of hydrogen-bond acceptors (Lipinski definition) is 4. The van der Waals surface area contributed by atoms with Crippen LogP contribution in [0.25, 0.3) is 0 Å². The van der Waals surface area contributed by atoms with E-state index >= 15 is 0 Å². The molecular formula is C15H23NO3. The first-order chi connectivity index (χ1) is 9.11. The van der Waals surface area contributed by atoms with E-state index in [4.69, 9.17) is 9.47 Å². The van der Waals surface area contributed by atoms with Gasteiger partial charge in [0.25, 0.3) is 0 Å².